The van der Waals surface area contributed by atoms with Gasteiger partial charge in [-0.3, -0.25) is 4.79 Å². The number of nitrogens with zero attached hydrogens (tertiary/aromatic N) is 1. The van der Waals surface area contributed by atoms with Gasteiger partial charge in [-0.25, -0.2) is 4.79 Å². The molecule has 1 saturated carbocycles. The van der Waals surface area contributed by atoms with Crippen LogP contribution in [0.25, 0.3) is 0 Å². The number of carbonyl (C=O) groups excluding carboxylic acids is 3. The van der Waals surface area contributed by atoms with Gasteiger partial charge >= 0.3 is 5.97 Å². The van der Waals surface area contributed by atoms with Gasteiger partial charge in [0.05, 0.1) is 0 Å². The molecule has 184 valence electrons. The summed E-state index contributed by atoms with van der Waals surface area (Å²) in [6.07, 6.45) is 9.01. The summed E-state index contributed by atoms with van der Waals surface area (Å²) in [6, 6.07) is 12.9. The summed E-state index contributed by atoms with van der Waals surface area (Å²) >= 11 is 0. The van der Waals surface area contributed by atoms with E-state index in [4.69, 9.17) is 14.3 Å². The molecule has 0 spiro atoms. The Balaban J connectivity index is 0.000000341. The number of benzene rings is 2. The maximum absolute atomic E-state index is 12.2. The Bertz CT molecular complexity index is 946. The molecular weight excluding hydrogens is 430 g/mol. The molecule has 0 saturated heterocycles. The standard InChI is InChI=1S/C19H19NO4.C7H14.C2H4O/c1-19(2)23-17-9-8-15(10-16(17)18(22)24-19)20(3)11-13-4-6-14(12-21)7-5-13;1-2-7-5-3-4-6-7;1-2-3/h4-10,12H,11H2,1-3H3;7H,2-6H2,1H3;2H,1H3. The number of hydrogen-bond donors (Lipinski definition) is 0. The fourth-order valence-corrected chi connectivity index (χ4v) is 4.05. The van der Waals surface area contributed by atoms with Gasteiger partial charge in [0.25, 0.3) is 0 Å². The van der Waals surface area contributed by atoms with E-state index in [1.807, 2.05) is 30.1 Å². The van der Waals surface area contributed by atoms with E-state index < -0.39 is 5.79 Å². The molecule has 0 radical (unpaired) electrons. The predicted molar refractivity (Wildman–Crippen MR) is 134 cm³/mol. The van der Waals surface area contributed by atoms with Crippen molar-refractivity contribution in [2.75, 3.05) is 11.9 Å². The third-order valence-corrected chi connectivity index (χ3v) is 5.91. The fraction of sp³-hybridized carbons (Fsp3) is 0.464. The van der Waals surface area contributed by atoms with Crippen LogP contribution in [0.1, 0.15) is 86.1 Å². The van der Waals surface area contributed by atoms with E-state index in [0.29, 0.717) is 23.4 Å². The molecule has 4 rings (SSSR count). The Morgan fingerprint density at radius 2 is 1.65 bits per heavy atom. The third kappa shape index (κ3) is 8.01. The van der Waals surface area contributed by atoms with Gasteiger partial charge in [0.1, 0.15) is 23.9 Å². The van der Waals surface area contributed by atoms with Gasteiger partial charge in [-0.05, 0) is 36.6 Å². The van der Waals surface area contributed by atoms with Gasteiger partial charge < -0.3 is 19.2 Å². The Kier molecular flexibility index (Phi) is 10.3. The molecule has 0 N–H and O–H groups in total. The molecule has 0 unspecified atom stereocenters. The lowest BCUT2D eigenvalue weighted by Crippen LogP contribution is -2.38. The summed E-state index contributed by atoms with van der Waals surface area (Å²) < 4.78 is 10.9. The number of ether oxygens (including phenoxy) is 2. The number of fused-ring (bicyclic) bond motifs is 1. The molecule has 6 nitrogen and oxygen atoms in total. The van der Waals surface area contributed by atoms with Crippen LogP contribution in [0.2, 0.25) is 0 Å². The van der Waals surface area contributed by atoms with E-state index >= 15 is 0 Å². The molecule has 0 atom stereocenters. The molecule has 1 aliphatic heterocycles. The second-order valence-corrected chi connectivity index (χ2v) is 9.08. The average Bonchev–Trinajstić information content (AvgIpc) is 3.34. The Labute approximate surface area is 203 Å². The zero-order valence-corrected chi connectivity index (χ0v) is 21.0. The molecular formula is C28H37NO5. The number of esters is 1. The molecule has 6 heteroatoms. The molecule has 0 aromatic heterocycles. The van der Waals surface area contributed by atoms with Crippen LogP contribution in [0.15, 0.2) is 42.5 Å². The molecule has 0 bridgehead atoms. The van der Waals surface area contributed by atoms with Crippen LogP contribution in [0, 0.1) is 5.92 Å². The molecule has 34 heavy (non-hydrogen) atoms. The summed E-state index contributed by atoms with van der Waals surface area (Å²) in [5.41, 5.74) is 3.03. The van der Waals surface area contributed by atoms with Crippen LogP contribution in [0.3, 0.4) is 0 Å². The summed E-state index contributed by atoms with van der Waals surface area (Å²) in [7, 11) is 1.94. The van der Waals surface area contributed by atoms with Crippen molar-refractivity contribution in [1.82, 2.24) is 0 Å². The van der Waals surface area contributed by atoms with Crippen LogP contribution in [-0.4, -0.2) is 31.4 Å². The van der Waals surface area contributed by atoms with Crippen molar-refractivity contribution < 1.29 is 23.9 Å². The zero-order valence-electron chi connectivity index (χ0n) is 21.0. The predicted octanol–water partition coefficient (Wildman–Crippen LogP) is 6.21. The molecule has 2 aromatic carbocycles. The number of cyclic esters (lactones) is 1. The van der Waals surface area contributed by atoms with Gasteiger partial charge in [-0.15, -0.1) is 0 Å². The molecule has 1 heterocycles. The van der Waals surface area contributed by atoms with Crippen molar-refractivity contribution in [3.05, 3.63) is 59.2 Å². The topological polar surface area (TPSA) is 72.9 Å². The number of carbonyl (C=O) groups is 3. The SMILES string of the molecule is CC=O.CCC1CCCC1.CN(Cc1ccc(C=O)cc1)c1ccc2c(c1)C(=O)OC(C)(C)O2. The van der Waals surface area contributed by atoms with Crippen LogP contribution in [0.5, 0.6) is 5.75 Å². The Morgan fingerprint density at radius 1 is 1.03 bits per heavy atom. The first-order valence-corrected chi connectivity index (χ1v) is 11.9. The van der Waals surface area contributed by atoms with Crippen LogP contribution >= 0.6 is 0 Å². The summed E-state index contributed by atoms with van der Waals surface area (Å²) in [6.45, 7) is 7.81. The quantitative estimate of drug-likeness (QED) is 0.384. The van der Waals surface area contributed by atoms with E-state index in [1.54, 1.807) is 38.1 Å². The first-order valence-electron chi connectivity index (χ1n) is 11.9. The Morgan fingerprint density at radius 3 is 2.18 bits per heavy atom. The van der Waals surface area contributed by atoms with E-state index in [9.17, 15) is 9.59 Å². The zero-order chi connectivity index (χ0) is 25.1. The molecule has 2 aromatic rings. The normalized spacial score (nSPS) is 15.9. The van der Waals surface area contributed by atoms with Crippen molar-refractivity contribution in [3.63, 3.8) is 0 Å². The van der Waals surface area contributed by atoms with Gasteiger partial charge in [0.15, 0.2) is 0 Å². The van der Waals surface area contributed by atoms with Crippen molar-refractivity contribution in [2.24, 2.45) is 5.92 Å². The maximum atomic E-state index is 12.2. The largest absolute Gasteiger partial charge is 0.452 e. The van der Waals surface area contributed by atoms with Crippen LogP contribution < -0.4 is 9.64 Å². The fourth-order valence-electron chi connectivity index (χ4n) is 4.05. The minimum atomic E-state index is -0.947. The maximum Gasteiger partial charge on any atom is 0.345 e. The lowest BCUT2D eigenvalue weighted by atomic mass is 10.1. The molecule has 0 amide bonds. The summed E-state index contributed by atoms with van der Waals surface area (Å²) in [5, 5.41) is 0. The number of hydrogen-bond acceptors (Lipinski definition) is 6. The summed E-state index contributed by atoms with van der Waals surface area (Å²) in [4.78, 5) is 33.7. The highest BCUT2D eigenvalue weighted by Crippen LogP contribution is 2.34. The highest BCUT2D eigenvalue weighted by molar-refractivity contribution is 5.94. The van der Waals surface area contributed by atoms with Crippen molar-refractivity contribution in [2.45, 2.75) is 72.1 Å². The lowest BCUT2D eigenvalue weighted by Gasteiger charge is -2.32. The van der Waals surface area contributed by atoms with E-state index in [2.05, 4.69) is 6.92 Å². The van der Waals surface area contributed by atoms with Crippen molar-refractivity contribution >= 4 is 24.2 Å². The van der Waals surface area contributed by atoms with Gasteiger partial charge in [-0.2, -0.15) is 0 Å². The first-order chi connectivity index (χ1) is 16.2. The molecule has 1 fully saturated rings. The van der Waals surface area contributed by atoms with E-state index in [-0.39, 0.29) is 5.97 Å². The first kappa shape index (κ1) is 27.1. The third-order valence-electron chi connectivity index (χ3n) is 5.91. The van der Waals surface area contributed by atoms with Crippen molar-refractivity contribution in [3.8, 4) is 5.75 Å². The van der Waals surface area contributed by atoms with E-state index in [0.717, 1.165) is 29.7 Å². The van der Waals surface area contributed by atoms with Gasteiger partial charge in [0, 0.05) is 38.7 Å². The lowest BCUT2D eigenvalue weighted by molar-refractivity contribution is -0.127. The average molecular weight is 468 g/mol. The second kappa shape index (κ2) is 12.9. The van der Waals surface area contributed by atoms with Crippen LogP contribution in [0.4, 0.5) is 5.69 Å². The van der Waals surface area contributed by atoms with E-state index in [1.165, 1.54) is 39.0 Å². The molecule has 2 aliphatic rings. The minimum Gasteiger partial charge on any atom is -0.452 e. The number of anilines is 1. The summed E-state index contributed by atoms with van der Waals surface area (Å²) in [5.74, 6) is 0.299. The minimum absolute atomic E-state index is 0.383. The highest BCUT2D eigenvalue weighted by atomic mass is 16.7. The van der Waals surface area contributed by atoms with Crippen LogP contribution in [-0.2, 0) is 16.1 Å². The second-order valence-electron chi connectivity index (χ2n) is 9.08. The monoisotopic (exact) mass is 467 g/mol. The Hall–Kier alpha value is -3.15. The van der Waals surface area contributed by atoms with Crippen molar-refractivity contribution in [1.29, 1.82) is 0 Å². The smallest absolute Gasteiger partial charge is 0.345 e. The number of aldehydes is 2. The van der Waals surface area contributed by atoms with Gasteiger partial charge in [0.2, 0.25) is 5.79 Å². The van der Waals surface area contributed by atoms with Gasteiger partial charge in [-0.1, -0.05) is 63.3 Å². The highest BCUT2D eigenvalue weighted by Gasteiger charge is 2.34. The number of rotatable bonds is 5. The molecule has 1 aliphatic carbocycles.